The Kier molecular flexibility index (Phi) is 4.98. The van der Waals surface area contributed by atoms with E-state index in [1.807, 2.05) is 24.3 Å². The smallest absolute Gasteiger partial charge is 0.235 e. The first kappa shape index (κ1) is 16.6. The second kappa shape index (κ2) is 7.52. The molecule has 0 aliphatic rings. The Balaban J connectivity index is 1.85. The summed E-state index contributed by atoms with van der Waals surface area (Å²) in [5.41, 5.74) is 0.962. The van der Waals surface area contributed by atoms with E-state index in [1.54, 1.807) is 19.2 Å². The first-order chi connectivity index (χ1) is 12.2. The van der Waals surface area contributed by atoms with Crippen LogP contribution in [0.1, 0.15) is 17.3 Å². The lowest BCUT2D eigenvalue weighted by molar-refractivity contribution is -0.117. The van der Waals surface area contributed by atoms with Gasteiger partial charge in [0.15, 0.2) is 5.82 Å². The lowest BCUT2D eigenvalue weighted by Crippen LogP contribution is -2.24. The summed E-state index contributed by atoms with van der Waals surface area (Å²) < 4.78 is 19.0. The van der Waals surface area contributed by atoms with Crippen LogP contribution in [-0.2, 0) is 11.2 Å². The summed E-state index contributed by atoms with van der Waals surface area (Å²) in [5, 5.41) is 16.2. The number of carbonyl (C=O) groups excluding carboxylic acids is 1. The molecule has 1 atom stereocenters. The van der Waals surface area contributed by atoms with Crippen LogP contribution in [0.5, 0.6) is 5.75 Å². The number of aromatic amines is 1. The molecule has 2 aromatic carbocycles. The van der Waals surface area contributed by atoms with Crippen molar-refractivity contribution in [2.75, 3.05) is 12.4 Å². The molecule has 0 saturated carbocycles. The number of aromatic nitrogens is 4. The molecule has 1 aromatic heterocycles. The highest BCUT2D eigenvalue weighted by molar-refractivity contribution is 5.95. The second-order valence-corrected chi connectivity index (χ2v) is 5.35. The van der Waals surface area contributed by atoms with Gasteiger partial charge in [-0.25, -0.2) is 4.39 Å². The van der Waals surface area contributed by atoms with Gasteiger partial charge in [0, 0.05) is 0 Å². The molecular weight excluding hydrogens is 325 g/mol. The average Bonchev–Trinajstić information content (AvgIpc) is 3.16. The van der Waals surface area contributed by atoms with E-state index in [2.05, 4.69) is 25.9 Å². The molecule has 0 bridgehead atoms. The van der Waals surface area contributed by atoms with Crippen LogP contribution < -0.4 is 10.1 Å². The molecular formula is C17H16FN5O2. The van der Waals surface area contributed by atoms with Crippen molar-refractivity contribution in [3.05, 3.63) is 65.7 Å². The van der Waals surface area contributed by atoms with Crippen LogP contribution in [0.25, 0.3) is 0 Å². The molecule has 0 saturated heterocycles. The minimum Gasteiger partial charge on any atom is -0.497 e. The zero-order valence-electron chi connectivity index (χ0n) is 13.4. The molecule has 0 fully saturated rings. The molecule has 0 aliphatic carbocycles. The molecule has 1 heterocycles. The molecule has 0 radical (unpaired) electrons. The van der Waals surface area contributed by atoms with Gasteiger partial charge < -0.3 is 10.1 Å². The van der Waals surface area contributed by atoms with E-state index in [4.69, 9.17) is 4.74 Å². The molecule has 25 heavy (non-hydrogen) atoms. The van der Waals surface area contributed by atoms with Crippen LogP contribution in [0.3, 0.4) is 0 Å². The first-order valence-electron chi connectivity index (χ1n) is 7.59. The van der Waals surface area contributed by atoms with Crippen molar-refractivity contribution in [1.29, 1.82) is 0 Å². The molecule has 128 valence electrons. The Hall–Kier alpha value is -3.29. The van der Waals surface area contributed by atoms with Gasteiger partial charge in [-0.15, -0.1) is 10.2 Å². The predicted octanol–water partition coefficient (Wildman–Crippen LogP) is 2.31. The van der Waals surface area contributed by atoms with E-state index in [9.17, 15) is 9.18 Å². The van der Waals surface area contributed by atoms with Crippen LogP contribution in [0, 0.1) is 5.82 Å². The fourth-order valence-electron chi connectivity index (χ4n) is 2.44. The summed E-state index contributed by atoms with van der Waals surface area (Å²) in [5.74, 6) is -0.751. The maximum absolute atomic E-state index is 13.8. The molecule has 3 rings (SSSR count). The predicted molar refractivity (Wildman–Crippen MR) is 88.6 cm³/mol. The maximum Gasteiger partial charge on any atom is 0.235 e. The number of nitrogens with one attached hydrogen (secondary N) is 2. The fraction of sp³-hybridized carbons (Fsp3) is 0.176. The number of H-pyrrole nitrogens is 1. The van der Waals surface area contributed by atoms with Crippen LogP contribution in [0.15, 0.2) is 48.5 Å². The van der Waals surface area contributed by atoms with Crippen LogP contribution >= 0.6 is 0 Å². The number of tetrazole rings is 1. The Bertz CT molecular complexity index is 854. The summed E-state index contributed by atoms with van der Waals surface area (Å²) in [7, 11) is 1.57. The van der Waals surface area contributed by atoms with Crippen LogP contribution in [0.4, 0.5) is 10.1 Å². The molecule has 0 unspecified atom stereocenters. The van der Waals surface area contributed by atoms with Crippen molar-refractivity contribution in [2.45, 2.75) is 12.3 Å². The van der Waals surface area contributed by atoms with E-state index in [-0.39, 0.29) is 11.5 Å². The molecule has 0 aliphatic heterocycles. The minimum atomic E-state index is -0.731. The Morgan fingerprint density at radius 2 is 2.12 bits per heavy atom. The molecule has 0 spiro atoms. The van der Waals surface area contributed by atoms with Crippen molar-refractivity contribution >= 4 is 11.6 Å². The van der Waals surface area contributed by atoms with Crippen LogP contribution in [-0.4, -0.2) is 33.6 Å². The number of carbonyl (C=O) groups is 1. The van der Waals surface area contributed by atoms with E-state index in [0.717, 1.165) is 5.56 Å². The number of amides is 1. The molecule has 8 heteroatoms. The van der Waals surface area contributed by atoms with E-state index in [0.29, 0.717) is 12.2 Å². The zero-order chi connectivity index (χ0) is 17.6. The number of benzene rings is 2. The van der Waals surface area contributed by atoms with Gasteiger partial charge in [-0.05, 0) is 36.2 Å². The fourth-order valence-corrected chi connectivity index (χ4v) is 2.44. The second-order valence-electron chi connectivity index (χ2n) is 5.35. The number of rotatable bonds is 6. The van der Waals surface area contributed by atoms with Crippen molar-refractivity contribution in [1.82, 2.24) is 20.6 Å². The van der Waals surface area contributed by atoms with Crippen LogP contribution in [0.2, 0.25) is 0 Å². The molecule has 7 nitrogen and oxygen atoms in total. The van der Waals surface area contributed by atoms with Gasteiger partial charge in [0.05, 0.1) is 12.8 Å². The normalized spacial score (nSPS) is 11.8. The lowest BCUT2D eigenvalue weighted by Gasteiger charge is -2.14. The zero-order valence-corrected chi connectivity index (χ0v) is 13.4. The number of methoxy groups -OCH3 is 1. The van der Waals surface area contributed by atoms with E-state index >= 15 is 0 Å². The SMILES string of the molecule is COc1cccc(C[C@@H](C(=O)Nc2ccccc2F)c2nn[nH]n2)c1. The third kappa shape index (κ3) is 3.97. The number of para-hydroxylation sites is 1. The number of hydrogen-bond acceptors (Lipinski definition) is 5. The lowest BCUT2D eigenvalue weighted by atomic mass is 9.97. The number of halogens is 1. The highest BCUT2D eigenvalue weighted by Gasteiger charge is 2.26. The number of anilines is 1. The van der Waals surface area contributed by atoms with Crippen molar-refractivity contribution in [3.63, 3.8) is 0 Å². The third-order valence-electron chi connectivity index (χ3n) is 3.70. The Morgan fingerprint density at radius 1 is 1.28 bits per heavy atom. The third-order valence-corrected chi connectivity index (χ3v) is 3.70. The molecule has 1 amide bonds. The quantitative estimate of drug-likeness (QED) is 0.718. The summed E-state index contributed by atoms with van der Waals surface area (Å²) in [6.45, 7) is 0. The average molecular weight is 341 g/mol. The highest BCUT2D eigenvalue weighted by atomic mass is 19.1. The van der Waals surface area contributed by atoms with Gasteiger partial charge in [-0.3, -0.25) is 4.79 Å². The minimum absolute atomic E-state index is 0.103. The summed E-state index contributed by atoms with van der Waals surface area (Å²) in [6.07, 6.45) is 0.316. The maximum atomic E-state index is 13.8. The van der Waals surface area contributed by atoms with Gasteiger partial charge in [0.25, 0.3) is 0 Å². The monoisotopic (exact) mass is 341 g/mol. The van der Waals surface area contributed by atoms with Gasteiger partial charge in [-0.1, -0.05) is 29.5 Å². The summed E-state index contributed by atoms with van der Waals surface area (Å²) in [6, 6.07) is 13.3. The summed E-state index contributed by atoms with van der Waals surface area (Å²) in [4.78, 5) is 12.7. The first-order valence-corrected chi connectivity index (χ1v) is 7.59. The van der Waals surface area contributed by atoms with Gasteiger partial charge in [-0.2, -0.15) is 5.21 Å². The van der Waals surface area contributed by atoms with Gasteiger partial charge in [0.1, 0.15) is 17.5 Å². The van der Waals surface area contributed by atoms with E-state index < -0.39 is 17.6 Å². The highest BCUT2D eigenvalue weighted by Crippen LogP contribution is 2.23. The van der Waals surface area contributed by atoms with Gasteiger partial charge >= 0.3 is 0 Å². The van der Waals surface area contributed by atoms with Gasteiger partial charge in [0.2, 0.25) is 5.91 Å². The van der Waals surface area contributed by atoms with Crippen molar-refractivity contribution in [2.24, 2.45) is 0 Å². The summed E-state index contributed by atoms with van der Waals surface area (Å²) >= 11 is 0. The largest absolute Gasteiger partial charge is 0.497 e. The van der Waals surface area contributed by atoms with Crippen molar-refractivity contribution in [3.8, 4) is 5.75 Å². The Labute approximate surface area is 143 Å². The molecule has 3 aromatic rings. The number of hydrogen-bond donors (Lipinski definition) is 2. The number of nitrogens with zero attached hydrogens (tertiary/aromatic N) is 3. The standard InChI is InChI=1S/C17H16FN5O2/c1-25-12-6-4-5-11(9-12)10-13(16-20-22-23-21-16)17(24)19-15-8-3-2-7-14(15)18/h2-9,13H,10H2,1H3,(H,19,24)(H,20,21,22,23)/t13-/m1/s1. The number of ether oxygens (including phenoxy) is 1. The van der Waals surface area contributed by atoms with Crippen molar-refractivity contribution < 1.29 is 13.9 Å². The molecule has 2 N–H and O–H groups in total. The topological polar surface area (TPSA) is 92.8 Å². The van der Waals surface area contributed by atoms with E-state index in [1.165, 1.54) is 12.1 Å². The Morgan fingerprint density at radius 3 is 2.84 bits per heavy atom.